The van der Waals surface area contributed by atoms with Crippen LogP contribution in [0.3, 0.4) is 0 Å². The first-order valence-corrected chi connectivity index (χ1v) is 3.61. The fraction of sp³-hybridized carbons (Fsp3) is 1.00. The van der Waals surface area contributed by atoms with Crippen LogP contribution in [0.15, 0.2) is 0 Å². The zero-order valence-corrected chi connectivity index (χ0v) is 5.41. The van der Waals surface area contributed by atoms with E-state index in [0.29, 0.717) is 0 Å². The summed E-state index contributed by atoms with van der Waals surface area (Å²) in [5, 5.41) is 0. The van der Waals surface area contributed by atoms with Crippen molar-refractivity contribution in [1.29, 1.82) is 0 Å². The number of alkyl halides is 1. The molecule has 0 aromatic rings. The highest BCUT2D eigenvalue weighted by molar-refractivity contribution is 7.79. The van der Waals surface area contributed by atoms with Crippen molar-refractivity contribution < 1.29 is 13.2 Å². The third kappa shape index (κ3) is 4.21. The average molecular weight is 139 g/mol. The summed E-state index contributed by atoms with van der Waals surface area (Å²) in [6.45, 7) is 1.61. The molecule has 0 saturated heterocycles. The van der Waals surface area contributed by atoms with Crippen molar-refractivity contribution in [3.05, 3.63) is 0 Å². The van der Waals surface area contributed by atoms with Gasteiger partial charge < -0.3 is 4.55 Å². The maximum Gasteiger partial charge on any atom is 0.110 e. The third-order valence-corrected chi connectivity index (χ3v) is 1.39. The minimum atomic E-state index is -2.22. The largest absolute Gasteiger partial charge is 0.772 e. The van der Waals surface area contributed by atoms with Crippen LogP contribution in [0.1, 0.15) is 13.3 Å². The molecule has 0 aliphatic rings. The summed E-state index contributed by atoms with van der Waals surface area (Å²) in [5.41, 5.74) is 0. The Labute approximate surface area is 50.4 Å². The van der Waals surface area contributed by atoms with E-state index in [4.69, 9.17) is 0 Å². The van der Waals surface area contributed by atoms with Gasteiger partial charge in [-0.2, -0.15) is 0 Å². The first-order chi connectivity index (χ1) is 3.66. The van der Waals surface area contributed by atoms with Crippen LogP contribution < -0.4 is 0 Å². The van der Waals surface area contributed by atoms with Crippen molar-refractivity contribution in [2.45, 2.75) is 19.5 Å². The molecule has 0 aliphatic heterocycles. The summed E-state index contributed by atoms with van der Waals surface area (Å²) in [5.74, 6) is -0.365. The Morgan fingerprint density at radius 2 is 2.38 bits per heavy atom. The average Bonchev–Trinajstić information content (AvgIpc) is 1.65. The van der Waals surface area contributed by atoms with Crippen LogP contribution in [0.25, 0.3) is 0 Å². The highest BCUT2D eigenvalue weighted by atomic mass is 32.2. The zero-order chi connectivity index (χ0) is 6.57. The van der Waals surface area contributed by atoms with Crippen LogP contribution in [-0.2, 0) is 11.1 Å². The van der Waals surface area contributed by atoms with E-state index in [2.05, 4.69) is 0 Å². The van der Waals surface area contributed by atoms with E-state index in [-0.39, 0.29) is 12.2 Å². The molecule has 50 valence electrons. The van der Waals surface area contributed by atoms with Crippen molar-refractivity contribution in [3.8, 4) is 0 Å². The second-order valence-corrected chi connectivity index (χ2v) is 2.42. The maximum atomic E-state index is 12.0. The molecule has 0 rings (SSSR count). The van der Waals surface area contributed by atoms with Crippen molar-refractivity contribution in [2.75, 3.05) is 5.75 Å². The summed E-state index contributed by atoms with van der Waals surface area (Å²) < 4.78 is 31.4. The quantitative estimate of drug-likeness (QED) is 0.537. The molecule has 0 amide bonds. The fourth-order valence-electron chi connectivity index (χ4n) is 0.266. The normalized spacial score (nSPS) is 17.9. The van der Waals surface area contributed by atoms with Crippen molar-refractivity contribution in [3.63, 3.8) is 0 Å². The molecule has 0 saturated carbocycles. The molecule has 0 radical (unpaired) electrons. The van der Waals surface area contributed by atoms with Crippen molar-refractivity contribution in [2.24, 2.45) is 0 Å². The second-order valence-electron chi connectivity index (χ2n) is 1.48. The number of hydrogen-bond acceptors (Lipinski definition) is 2. The number of rotatable bonds is 3. The van der Waals surface area contributed by atoms with Gasteiger partial charge in [0.2, 0.25) is 0 Å². The molecule has 0 heterocycles. The summed E-state index contributed by atoms with van der Waals surface area (Å²) in [4.78, 5) is 0. The van der Waals surface area contributed by atoms with Gasteiger partial charge in [0.05, 0.1) is 0 Å². The molecule has 0 bridgehead atoms. The molecule has 0 aliphatic carbocycles. The lowest BCUT2D eigenvalue weighted by Crippen LogP contribution is -2.09. The van der Waals surface area contributed by atoms with Crippen LogP contribution in [0.2, 0.25) is 0 Å². The second kappa shape index (κ2) is 3.97. The Morgan fingerprint density at radius 3 is 2.50 bits per heavy atom. The monoisotopic (exact) mass is 139 g/mol. The summed E-state index contributed by atoms with van der Waals surface area (Å²) in [6.07, 6.45) is -0.915. The van der Waals surface area contributed by atoms with Crippen molar-refractivity contribution in [1.82, 2.24) is 0 Å². The zero-order valence-electron chi connectivity index (χ0n) is 4.59. The minimum absolute atomic E-state index is 0.272. The molecule has 0 fully saturated rings. The Bertz CT molecular complexity index is 86.1. The van der Waals surface area contributed by atoms with Gasteiger partial charge in [0.15, 0.2) is 0 Å². The minimum Gasteiger partial charge on any atom is -0.772 e. The number of hydrogen-bond donors (Lipinski definition) is 0. The van der Waals surface area contributed by atoms with Gasteiger partial charge in [0, 0.05) is 5.75 Å². The van der Waals surface area contributed by atoms with E-state index in [1.54, 1.807) is 6.92 Å². The predicted molar refractivity (Wildman–Crippen MR) is 29.0 cm³/mol. The molecule has 0 N–H and O–H groups in total. The van der Waals surface area contributed by atoms with Crippen LogP contribution in [-0.4, -0.2) is 20.7 Å². The molecule has 8 heavy (non-hydrogen) atoms. The van der Waals surface area contributed by atoms with Gasteiger partial charge in [-0.15, -0.1) is 0 Å². The molecule has 4 heteroatoms. The Morgan fingerprint density at radius 1 is 1.88 bits per heavy atom. The summed E-state index contributed by atoms with van der Waals surface area (Å²) >= 11 is -2.22. The topological polar surface area (TPSA) is 40.1 Å². The Balaban J connectivity index is 3.24. The Kier molecular flexibility index (Phi) is 3.99. The molecule has 0 aromatic heterocycles. The van der Waals surface area contributed by atoms with E-state index >= 15 is 0 Å². The first-order valence-electron chi connectivity index (χ1n) is 2.36. The van der Waals surface area contributed by atoms with Gasteiger partial charge >= 0.3 is 0 Å². The van der Waals surface area contributed by atoms with Gasteiger partial charge in [-0.1, -0.05) is 18.0 Å². The molecule has 2 nitrogen and oxygen atoms in total. The van der Waals surface area contributed by atoms with Gasteiger partial charge in [-0.3, -0.25) is 4.21 Å². The molecular weight excluding hydrogens is 131 g/mol. The third-order valence-electron chi connectivity index (χ3n) is 0.760. The predicted octanol–water partition coefficient (Wildman–Crippen LogP) is 0.614. The van der Waals surface area contributed by atoms with E-state index in [0.717, 1.165) is 0 Å². The highest BCUT2D eigenvalue weighted by Gasteiger charge is 2.00. The lowest BCUT2D eigenvalue weighted by atomic mass is 10.3. The van der Waals surface area contributed by atoms with E-state index in [1.807, 2.05) is 0 Å². The number of halogens is 1. The summed E-state index contributed by atoms with van der Waals surface area (Å²) in [6, 6.07) is 0. The molecule has 2 atom stereocenters. The van der Waals surface area contributed by atoms with Gasteiger partial charge in [0.1, 0.15) is 6.17 Å². The van der Waals surface area contributed by atoms with Crippen LogP contribution in [0.5, 0.6) is 0 Å². The molecule has 0 spiro atoms. The molecule has 0 aromatic carbocycles. The van der Waals surface area contributed by atoms with E-state index in [1.165, 1.54) is 0 Å². The van der Waals surface area contributed by atoms with Gasteiger partial charge in [-0.05, 0) is 6.42 Å². The van der Waals surface area contributed by atoms with Crippen LogP contribution in [0, 0.1) is 0 Å². The van der Waals surface area contributed by atoms with Gasteiger partial charge in [0.25, 0.3) is 0 Å². The van der Waals surface area contributed by atoms with Crippen LogP contribution in [0.4, 0.5) is 4.39 Å². The maximum absolute atomic E-state index is 12.0. The lowest BCUT2D eigenvalue weighted by Gasteiger charge is -2.06. The molecular formula is C4H8FO2S-. The SMILES string of the molecule is CCC(F)CS(=O)[O-]. The van der Waals surface area contributed by atoms with E-state index < -0.39 is 17.3 Å². The lowest BCUT2D eigenvalue weighted by molar-refractivity contribution is 0.350. The smallest absolute Gasteiger partial charge is 0.110 e. The molecule has 2 unspecified atom stereocenters. The Hall–Kier alpha value is 0.0400. The standard InChI is InChI=1S/C4H9FO2S/c1-2-4(5)3-8(6)7/h4H,2-3H2,1H3,(H,6,7)/p-1. The van der Waals surface area contributed by atoms with Crippen molar-refractivity contribution >= 4 is 11.1 Å². The highest BCUT2D eigenvalue weighted by Crippen LogP contribution is 1.96. The fourth-order valence-corrected chi connectivity index (χ4v) is 0.797. The first kappa shape index (κ1) is 8.04. The summed E-state index contributed by atoms with van der Waals surface area (Å²) in [7, 11) is 0. The van der Waals surface area contributed by atoms with Gasteiger partial charge in [-0.25, -0.2) is 4.39 Å². The van der Waals surface area contributed by atoms with Crippen LogP contribution >= 0.6 is 0 Å². The van der Waals surface area contributed by atoms with E-state index in [9.17, 15) is 13.2 Å².